The van der Waals surface area contributed by atoms with E-state index in [0.29, 0.717) is 0 Å². The molecule has 2 rings (SSSR count). The first kappa shape index (κ1) is 23.8. The number of hydrogen-bond donors (Lipinski definition) is 0. The van der Waals surface area contributed by atoms with Gasteiger partial charge >= 0.3 is 145 Å². The van der Waals surface area contributed by atoms with Crippen LogP contribution in [0.4, 0.5) is 0 Å². The summed E-state index contributed by atoms with van der Waals surface area (Å²) in [6, 6.07) is 2.80. The summed E-state index contributed by atoms with van der Waals surface area (Å²) in [6.45, 7) is 15.0. The van der Waals surface area contributed by atoms with Crippen LogP contribution in [0.1, 0.15) is 12.8 Å². The molecule has 0 aliphatic heterocycles. The van der Waals surface area contributed by atoms with Crippen LogP contribution in [0.15, 0.2) is 42.1 Å². The zero-order chi connectivity index (χ0) is 15.7. The molecule has 0 atom stereocenters. The summed E-state index contributed by atoms with van der Waals surface area (Å²) in [5.74, 6) is 0. The van der Waals surface area contributed by atoms with Gasteiger partial charge in [-0.1, -0.05) is 0 Å². The quantitative estimate of drug-likeness (QED) is 0.310. The zero-order valence-corrected chi connectivity index (χ0v) is 22.7. The van der Waals surface area contributed by atoms with Crippen molar-refractivity contribution in [1.82, 2.24) is 0 Å². The molecule has 0 amide bonds. The Labute approximate surface area is 169 Å². The maximum absolute atomic E-state index is 2.50. The van der Waals surface area contributed by atoms with Crippen LogP contribution < -0.4 is 0 Å². The monoisotopic (exact) mass is 554 g/mol. The van der Waals surface area contributed by atoms with Gasteiger partial charge in [0.15, 0.2) is 0 Å². The Morgan fingerprint density at radius 2 is 1.09 bits per heavy atom. The van der Waals surface area contributed by atoms with Gasteiger partial charge in [0, 0.05) is 0 Å². The molecule has 0 bridgehead atoms. The first-order chi connectivity index (χ1) is 9.64. The molecular formula is C18H32Cl2HfSi2. The summed E-state index contributed by atoms with van der Waals surface area (Å²) in [4.78, 5) is 0. The molecule has 0 radical (unpaired) electrons. The van der Waals surface area contributed by atoms with E-state index in [1.54, 1.807) is 11.1 Å². The molecule has 2 aliphatic carbocycles. The Kier molecular flexibility index (Phi) is 9.87. The van der Waals surface area contributed by atoms with Crippen molar-refractivity contribution in [2.75, 3.05) is 0 Å². The van der Waals surface area contributed by atoms with Gasteiger partial charge in [0.2, 0.25) is 0 Å². The Hall–Kier alpha value is 0.844. The summed E-state index contributed by atoms with van der Waals surface area (Å²) in [7, 11) is -1.96. The van der Waals surface area contributed by atoms with Gasteiger partial charge in [0.1, 0.15) is 0 Å². The Morgan fingerprint density at radius 1 is 0.739 bits per heavy atom. The first-order valence-corrected chi connectivity index (χ1v) is 19.2. The SMILES string of the molecule is C[Si](C)(C)CC1=[C]([Hf][C]2=C(C[Si](C)(C)C)C=CC2)CC=C1.Cl.Cl. The number of halogens is 2. The van der Waals surface area contributed by atoms with Crippen LogP contribution in [0.3, 0.4) is 0 Å². The first-order valence-electron chi connectivity index (χ1n) is 8.18. The average Bonchev–Trinajstić information content (AvgIpc) is 2.86. The van der Waals surface area contributed by atoms with E-state index in [1.807, 2.05) is 6.66 Å². The van der Waals surface area contributed by atoms with Crippen molar-refractivity contribution in [3.05, 3.63) is 42.1 Å². The van der Waals surface area contributed by atoms with Gasteiger partial charge in [-0.2, -0.15) is 0 Å². The van der Waals surface area contributed by atoms with E-state index in [2.05, 4.69) is 63.6 Å². The third-order valence-electron chi connectivity index (χ3n) is 3.80. The van der Waals surface area contributed by atoms with E-state index in [4.69, 9.17) is 0 Å². The maximum atomic E-state index is 2.50. The Balaban J connectivity index is 0.00000242. The van der Waals surface area contributed by atoms with E-state index in [0.717, 1.165) is 0 Å². The molecule has 0 saturated carbocycles. The molecule has 130 valence electrons. The van der Waals surface area contributed by atoms with Crippen molar-refractivity contribution in [3.8, 4) is 0 Å². The fourth-order valence-corrected chi connectivity index (χ4v) is 12.5. The molecule has 0 nitrogen and oxygen atoms in total. The van der Waals surface area contributed by atoms with Gasteiger partial charge < -0.3 is 0 Å². The third-order valence-corrected chi connectivity index (χ3v) is 12.6. The van der Waals surface area contributed by atoms with Gasteiger partial charge in [0.25, 0.3) is 0 Å². The van der Waals surface area contributed by atoms with Crippen molar-refractivity contribution in [1.29, 1.82) is 0 Å². The second kappa shape index (κ2) is 9.52. The van der Waals surface area contributed by atoms with Gasteiger partial charge in [-0.05, 0) is 0 Å². The molecule has 0 aromatic heterocycles. The largest absolute Gasteiger partial charge is 0.147 e. The van der Waals surface area contributed by atoms with Crippen molar-refractivity contribution in [2.24, 2.45) is 0 Å². The van der Waals surface area contributed by atoms with Crippen LogP contribution in [0.5, 0.6) is 0 Å². The summed E-state index contributed by atoms with van der Waals surface area (Å²) in [6.07, 6.45) is 12.3. The van der Waals surface area contributed by atoms with E-state index in [1.165, 1.54) is 24.9 Å². The van der Waals surface area contributed by atoms with E-state index < -0.39 is 39.1 Å². The van der Waals surface area contributed by atoms with Crippen LogP contribution in [0.25, 0.3) is 0 Å². The second-order valence-electron chi connectivity index (χ2n) is 8.82. The van der Waals surface area contributed by atoms with Crippen molar-refractivity contribution in [2.45, 2.75) is 64.2 Å². The zero-order valence-electron chi connectivity index (χ0n) is 15.5. The molecule has 2 aliphatic rings. The normalized spacial score (nSPS) is 17.5. The fraction of sp³-hybridized carbons (Fsp3) is 0.556. The van der Waals surface area contributed by atoms with Crippen molar-refractivity contribution < 1.29 is 22.9 Å². The summed E-state index contributed by atoms with van der Waals surface area (Å²) in [5.41, 5.74) is 3.51. The summed E-state index contributed by atoms with van der Waals surface area (Å²) < 4.78 is 3.81. The van der Waals surface area contributed by atoms with E-state index in [9.17, 15) is 0 Å². The molecule has 0 heterocycles. The fourth-order valence-electron chi connectivity index (χ4n) is 3.02. The number of allylic oxidation sites excluding steroid dienone is 8. The number of rotatable bonds is 6. The molecular weight excluding hydrogens is 522 g/mol. The third kappa shape index (κ3) is 8.17. The second-order valence-corrected chi connectivity index (χ2v) is 25.0. The minimum Gasteiger partial charge on any atom is -0.147 e. The molecule has 5 heteroatoms. The summed E-state index contributed by atoms with van der Waals surface area (Å²) >= 11 is -0.760. The van der Waals surface area contributed by atoms with Crippen molar-refractivity contribution in [3.63, 3.8) is 0 Å². The Morgan fingerprint density at radius 3 is 1.39 bits per heavy atom. The molecule has 0 N–H and O–H groups in total. The van der Waals surface area contributed by atoms with Crippen LogP contribution in [0, 0.1) is 0 Å². The van der Waals surface area contributed by atoms with Crippen LogP contribution in [-0.2, 0) is 22.9 Å². The van der Waals surface area contributed by atoms with Crippen LogP contribution >= 0.6 is 24.8 Å². The molecule has 0 spiro atoms. The smallest absolute Gasteiger partial charge is 0.147 e. The average molecular weight is 554 g/mol. The minimum atomic E-state index is -0.978. The molecule has 0 fully saturated rings. The van der Waals surface area contributed by atoms with Crippen molar-refractivity contribution >= 4 is 41.0 Å². The van der Waals surface area contributed by atoms with E-state index in [-0.39, 0.29) is 24.8 Å². The minimum absolute atomic E-state index is 0. The van der Waals surface area contributed by atoms with Gasteiger partial charge in [-0.15, -0.1) is 24.8 Å². The van der Waals surface area contributed by atoms with Gasteiger partial charge in [0.05, 0.1) is 0 Å². The molecule has 23 heavy (non-hydrogen) atoms. The van der Waals surface area contributed by atoms with E-state index >= 15 is 0 Å². The standard InChI is InChI=1S/2C9H15Si.2ClH.Hf/c2*1-10(2,3)8-9-6-4-5-7-9;;;/h2*4,6H,5,8H2,1-3H3;2*1H;. The van der Waals surface area contributed by atoms with Crippen LogP contribution in [0.2, 0.25) is 51.4 Å². The Bertz CT molecular complexity index is 484. The predicted octanol–water partition coefficient (Wildman–Crippen LogP) is 7.02. The number of hydrogen-bond acceptors (Lipinski definition) is 0. The molecule has 0 saturated heterocycles. The van der Waals surface area contributed by atoms with Gasteiger partial charge in [-0.25, -0.2) is 0 Å². The molecule has 0 unspecified atom stereocenters. The molecule has 0 aromatic rings. The van der Waals surface area contributed by atoms with Gasteiger partial charge in [-0.3, -0.25) is 0 Å². The van der Waals surface area contributed by atoms with Crippen LogP contribution in [-0.4, -0.2) is 16.1 Å². The predicted molar refractivity (Wildman–Crippen MR) is 112 cm³/mol. The topological polar surface area (TPSA) is 0 Å². The molecule has 0 aromatic carbocycles. The maximum Gasteiger partial charge on any atom is -0.147 e. The summed E-state index contributed by atoms with van der Waals surface area (Å²) in [5, 5.41) is 0.